The summed E-state index contributed by atoms with van der Waals surface area (Å²) in [6.45, 7) is 1.87. The SMILES string of the molecule is CCC(NC(=O)c1ccc2ncccc2c1)c1ccc(C(F)(F)F)cc1. The van der Waals surface area contributed by atoms with E-state index in [1.165, 1.54) is 12.1 Å². The standard InChI is InChI=1S/C20H17F3N2O/c1-2-17(13-5-8-16(9-6-13)20(21,22)23)25-19(26)15-7-10-18-14(12-15)4-3-11-24-18/h3-12,17H,2H2,1H3,(H,25,26). The molecule has 0 aliphatic heterocycles. The van der Waals surface area contributed by atoms with Crippen LogP contribution in [-0.2, 0) is 6.18 Å². The monoisotopic (exact) mass is 358 g/mol. The van der Waals surface area contributed by atoms with Crippen molar-refractivity contribution in [2.24, 2.45) is 0 Å². The lowest BCUT2D eigenvalue weighted by Crippen LogP contribution is -2.28. The summed E-state index contributed by atoms with van der Waals surface area (Å²) in [7, 11) is 0. The van der Waals surface area contributed by atoms with Crippen LogP contribution in [0.1, 0.15) is 40.9 Å². The Morgan fingerprint density at radius 2 is 1.85 bits per heavy atom. The first-order valence-electron chi connectivity index (χ1n) is 8.21. The number of amides is 1. The Labute approximate surface area is 148 Å². The van der Waals surface area contributed by atoms with Gasteiger partial charge >= 0.3 is 6.18 Å². The Balaban J connectivity index is 1.79. The van der Waals surface area contributed by atoms with Gasteiger partial charge in [0.2, 0.25) is 0 Å². The van der Waals surface area contributed by atoms with Gasteiger partial charge in [-0.3, -0.25) is 9.78 Å². The molecule has 6 heteroatoms. The fourth-order valence-electron chi connectivity index (χ4n) is 2.78. The van der Waals surface area contributed by atoms with Crippen LogP contribution in [-0.4, -0.2) is 10.9 Å². The molecule has 0 bridgehead atoms. The van der Waals surface area contributed by atoms with Gasteiger partial charge in [0.1, 0.15) is 0 Å². The number of nitrogens with zero attached hydrogens (tertiary/aromatic N) is 1. The fraction of sp³-hybridized carbons (Fsp3) is 0.200. The third-order valence-corrected chi connectivity index (χ3v) is 4.22. The molecule has 0 radical (unpaired) electrons. The summed E-state index contributed by atoms with van der Waals surface area (Å²) >= 11 is 0. The average molecular weight is 358 g/mol. The van der Waals surface area contributed by atoms with E-state index in [1.807, 2.05) is 13.0 Å². The van der Waals surface area contributed by atoms with Crippen LogP contribution in [0.5, 0.6) is 0 Å². The number of pyridine rings is 1. The molecule has 3 aromatic rings. The van der Waals surface area contributed by atoms with E-state index in [1.54, 1.807) is 30.5 Å². The van der Waals surface area contributed by atoms with Gasteiger partial charge in [-0.1, -0.05) is 25.1 Å². The van der Waals surface area contributed by atoms with Gasteiger partial charge < -0.3 is 5.32 Å². The van der Waals surface area contributed by atoms with Gasteiger partial charge in [-0.2, -0.15) is 13.2 Å². The highest BCUT2D eigenvalue weighted by Crippen LogP contribution is 2.30. The van der Waals surface area contributed by atoms with Crippen LogP contribution in [0.2, 0.25) is 0 Å². The number of rotatable bonds is 4. The minimum absolute atomic E-state index is 0.275. The van der Waals surface area contributed by atoms with Crippen molar-refractivity contribution in [3.63, 3.8) is 0 Å². The van der Waals surface area contributed by atoms with Crippen molar-refractivity contribution in [2.75, 3.05) is 0 Å². The highest BCUT2D eigenvalue weighted by molar-refractivity contribution is 5.98. The van der Waals surface area contributed by atoms with E-state index < -0.39 is 11.7 Å². The largest absolute Gasteiger partial charge is 0.416 e. The van der Waals surface area contributed by atoms with Gasteiger partial charge in [0.25, 0.3) is 5.91 Å². The van der Waals surface area contributed by atoms with Crippen molar-refractivity contribution in [1.82, 2.24) is 10.3 Å². The van der Waals surface area contributed by atoms with Crippen LogP contribution in [0.25, 0.3) is 10.9 Å². The lowest BCUT2D eigenvalue weighted by molar-refractivity contribution is -0.137. The molecule has 0 aliphatic carbocycles. The van der Waals surface area contributed by atoms with Gasteiger partial charge in [-0.25, -0.2) is 0 Å². The first-order chi connectivity index (χ1) is 12.4. The van der Waals surface area contributed by atoms with Crippen molar-refractivity contribution in [3.8, 4) is 0 Å². The molecular weight excluding hydrogens is 341 g/mol. The third-order valence-electron chi connectivity index (χ3n) is 4.22. The Morgan fingerprint density at radius 3 is 2.50 bits per heavy atom. The number of benzene rings is 2. The molecule has 1 amide bonds. The van der Waals surface area contributed by atoms with Crippen molar-refractivity contribution < 1.29 is 18.0 Å². The van der Waals surface area contributed by atoms with Crippen LogP contribution >= 0.6 is 0 Å². The van der Waals surface area contributed by atoms with Crippen molar-refractivity contribution >= 4 is 16.8 Å². The summed E-state index contributed by atoms with van der Waals surface area (Å²) in [5.74, 6) is -0.275. The second-order valence-corrected chi connectivity index (χ2v) is 5.96. The second kappa shape index (κ2) is 7.15. The van der Waals surface area contributed by atoms with E-state index in [0.717, 1.165) is 23.0 Å². The lowest BCUT2D eigenvalue weighted by atomic mass is 10.0. The molecule has 3 rings (SSSR count). The zero-order chi connectivity index (χ0) is 18.7. The maximum absolute atomic E-state index is 12.7. The van der Waals surface area contributed by atoms with E-state index in [2.05, 4.69) is 10.3 Å². The quantitative estimate of drug-likeness (QED) is 0.702. The van der Waals surface area contributed by atoms with Gasteiger partial charge in [-0.05, 0) is 48.4 Å². The van der Waals surface area contributed by atoms with Crippen molar-refractivity contribution in [3.05, 3.63) is 77.5 Å². The molecule has 26 heavy (non-hydrogen) atoms. The molecule has 0 saturated carbocycles. The predicted molar refractivity (Wildman–Crippen MR) is 93.7 cm³/mol. The topological polar surface area (TPSA) is 42.0 Å². The van der Waals surface area contributed by atoms with Gasteiger partial charge in [0.15, 0.2) is 0 Å². The van der Waals surface area contributed by atoms with Crippen LogP contribution in [0, 0.1) is 0 Å². The number of nitrogens with one attached hydrogen (secondary N) is 1. The number of hydrogen-bond acceptors (Lipinski definition) is 2. The van der Waals surface area contributed by atoms with Crippen LogP contribution in [0.15, 0.2) is 60.8 Å². The molecule has 0 spiro atoms. The molecule has 1 atom stereocenters. The van der Waals surface area contributed by atoms with E-state index >= 15 is 0 Å². The molecule has 0 aliphatic rings. The molecule has 0 saturated heterocycles. The van der Waals surface area contributed by atoms with Gasteiger partial charge in [0, 0.05) is 17.1 Å². The summed E-state index contributed by atoms with van der Waals surface area (Å²) in [4.78, 5) is 16.8. The Kier molecular flexibility index (Phi) is 4.93. The molecule has 1 heterocycles. The smallest absolute Gasteiger partial charge is 0.345 e. The molecule has 3 nitrogen and oxygen atoms in total. The van der Waals surface area contributed by atoms with E-state index in [-0.39, 0.29) is 11.9 Å². The Hall–Kier alpha value is -2.89. The summed E-state index contributed by atoms with van der Waals surface area (Å²) in [6.07, 6.45) is -2.13. The van der Waals surface area contributed by atoms with E-state index in [9.17, 15) is 18.0 Å². The molecular formula is C20H17F3N2O. The zero-order valence-electron chi connectivity index (χ0n) is 14.0. The highest BCUT2D eigenvalue weighted by Gasteiger charge is 2.30. The Morgan fingerprint density at radius 1 is 1.12 bits per heavy atom. The summed E-state index contributed by atoms with van der Waals surface area (Å²) < 4.78 is 38.1. The number of carbonyl (C=O) groups is 1. The van der Waals surface area contributed by atoms with Gasteiger partial charge in [-0.15, -0.1) is 0 Å². The number of hydrogen-bond donors (Lipinski definition) is 1. The molecule has 134 valence electrons. The molecule has 1 aromatic heterocycles. The summed E-state index contributed by atoms with van der Waals surface area (Å²) in [5, 5.41) is 3.73. The van der Waals surface area contributed by atoms with E-state index in [0.29, 0.717) is 17.5 Å². The molecule has 0 fully saturated rings. The number of carbonyl (C=O) groups excluding carboxylic acids is 1. The molecule has 1 unspecified atom stereocenters. The van der Waals surface area contributed by atoms with Gasteiger partial charge in [0.05, 0.1) is 17.1 Å². The van der Waals surface area contributed by atoms with E-state index in [4.69, 9.17) is 0 Å². The van der Waals surface area contributed by atoms with Crippen LogP contribution in [0.3, 0.4) is 0 Å². The third kappa shape index (κ3) is 3.85. The fourth-order valence-corrected chi connectivity index (χ4v) is 2.78. The number of halogens is 3. The van der Waals surface area contributed by atoms with Crippen molar-refractivity contribution in [2.45, 2.75) is 25.6 Å². The average Bonchev–Trinajstić information content (AvgIpc) is 2.65. The zero-order valence-corrected chi connectivity index (χ0v) is 14.0. The number of fused-ring (bicyclic) bond motifs is 1. The Bertz CT molecular complexity index is 920. The maximum Gasteiger partial charge on any atom is 0.416 e. The number of aromatic nitrogens is 1. The first-order valence-corrected chi connectivity index (χ1v) is 8.21. The summed E-state index contributed by atoms with van der Waals surface area (Å²) in [5.41, 5.74) is 1.20. The normalized spacial score (nSPS) is 12.8. The number of alkyl halides is 3. The van der Waals surface area contributed by atoms with Crippen molar-refractivity contribution in [1.29, 1.82) is 0 Å². The lowest BCUT2D eigenvalue weighted by Gasteiger charge is -2.18. The van der Waals surface area contributed by atoms with Crippen LogP contribution < -0.4 is 5.32 Å². The minimum atomic E-state index is -4.37. The molecule has 2 aromatic carbocycles. The minimum Gasteiger partial charge on any atom is -0.345 e. The van der Waals surface area contributed by atoms with Crippen LogP contribution in [0.4, 0.5) is 13.2 Å². The highest BCUT2D eigenvalue weighted by atomic mass is 19.4. The summed E-state index contributed by atoms with van der Waals surface area (Å²) in [6, 6.07) is 13.4. The molecule has 1 N–H and O–H groups in total. The maximum atomic E-state index is 12.7. The second-order valence-electron chi connectivity index (χ2n) is 5.96. The first kappa shape index (κ1) is 17.9. The predicted octanol–water partition coefficient (Wildman–Crippen LogP) is 5.13.